The van der Waals surface area contributed by atoms with E-state index in [4.69, 9.17) is 9.72 Å². The molecule has 0 heterocycles. The molecule has 4 nitrogen and oxygen atoms in total. The van der Waals surface area contributed by atoms with Gasteiger partial charge < -0.3 is 9.04 Å². The summed E-state index contributed by atoms with van der Waals surface area (Å²) < 4.78 is 12.4. The van der Waals surface area contributed by atoms with Crippen molar-refractivity contribution in [3.05, 3.63) is 0 Å². The molecule has 0 bridgehead atoms. The van der Waals surface area contributed by atoms with Gasteiger partial charge in [0, 0.05) is 0 Å². The molecule has 0 aromatic heterocycles. The van der Waals surface area contributed by atoms with E-state index in [1.807, 2.05) is 0 Å². The van der Waals surface area contributed by atoms with Crippen molar-refractivity contribution in [2.75, 3.05) is 0 Å². The predicted octanol–water partition coefficient (Wildman–Crippen LogP) is -0.628. The number of hydrogen-bond acceptors (Lipinski definition) is 4. The highest BCUT2D eigenvalue weighted by Gasteiger charge is 1.71. The van der Waals surface area contributed by atoms with Gasteiger partial charge in [0.1, 0.15) is 0 Å². The summed E-state index contributed by atoms with van der Waals surface area (Å²) in [7, 11) is -1.06. The maximum Gasteiger partial charge on any atom is 0.632 e. The zero-order valence-electron chi connectivity index (χ0n) is 2.17. The van der Waals surface area contributed by atoms with Crippen LogP contribution in [0.2, 0.25) is 0 Å². The molecular weight excluding hydrogens is 92.1 g/mol. The molecule has 5 heteroatoms. The molecule has 0 saturated heterocycles. The largest absolute Gasteiger partial charge is 0.632 e. The molecular formula is HO4Si. The molecule has 0 unspecified atom stereocenters. The van der Waals surface area contributed by atoms with E-state index in [0.717, 1.165) is 0 Å². The average Bonchev–Trinajstić information content (AvgIpc) is 1.41. The zero-order valence-corrected chi connectivity index (χ0v) is 3.17. The highest BCUT2D eigenvalue weighted by molar-refractivity contribution is 6.06. The molecule has 1 radical (unpaired) electrons. The Morgan fingerprint density at radius 3 is 2.40 bits per heavy atom. The van der Waals surface area contributed by atoms with Crippen LogP contribution in [-0.2, 0) is 14.1 Å². The van der Waals surface area contributed by atoms with Crippen LogP contribution in [-0.4, -0.2) is 14.9 Å². The summed E-state index contributed by atoms with van der Waals surface area (Å²) in [6, 6.07) is 0. The smallest absolute Gasteiger partial charge is 0.327 e. The first-order valence-corrected chi connectivity index (χ1v) is 1.57. The average molecular weight is 93.1 g/mol. The third-order valence-electron chi connectivity index (χ3n) is 0.0713. The summed E-state index contributed by atoms with van der Waals surface area (Å²) in [6.07, 6.45) is 0. The van der Waals surface area contributed by atoms with Crippen LogP contribution in [0.3, 0.4) is 0 Å². The Morgan fingerprint density at radius 2 is 2.40 bits per heavy atom. The molecule has 1 N–H and O–H groups in total. The third-order valence-corrected chi connectivity index (χ3v) is 0.214. The van der Waals surface area contributed by atoms with Crippen molar-refractivity contribution in [3.8, 4) is 0 Å². The second kappa shape index (κ2) is 3.74. The van der Waals surface area contributed by atoms with Crippen LogP contribution in [0.5, 0.6) is 0 Å². The Hall–Kier alpha value is -0.263. The van der Waals surface area contributed by atoms with E-state index in [2.05, 4.69) is 9.61 Å². The van der Waals surface area contributed by atoms with E-state index in [1.165, 1.54) is 0 Å². The minimum atomic E-state index is -1.06. The minimum Gasteiger partial charge on any atom is -0.327 e. The first kappa shape index (κ1) is 4.74. The van der Waals surface area contributed by atoms with Gasteiger partial charge in [-0.25, -0.2) is 5.26 Å². The van der Waals surface area contributed by atoms with Gasteiger partial charge in [0.15, 0.2) is 0 Å². The standard InChI is InChI=1S/HO4Si/c1-3-4-5-2/h1H. The molecule has 0 spiro atoms. The summed E-state index contributed by atoms with van der Waals surface area (Å²) in [5.74, 6) is 0. The summed E-state index contributed by atoms with van der Waals surface area (Å²) in [5, 5.41) is 10.0. The van der Waals surface area contributed by atoms with Gasteiger partial charge in [0.25, 0.3) is 0 Å². The lowest BCUT2D eigenvalue weighted by Gasteiger charge is -1.75. The maximum atomic E-state index is 9.05. The van der Waals surface area contributed by atoms with Crippen molar-refractivity contribution in [1.82, 2.24) is 0 Å². The summed E-state index contributed by atoms with van der Waals surface area (Å²) in [6.45, 7) is 0. The molecule has 0 aliphatic rings. The van der Waals surface area contributed by atoms with E-state index >= 15 is 0 Å². The topological polar surface area (TPSA) is 55.8 Å². The first-order chi connectivity index (χ1) is 2.41. The molecule has 0 aromatic carbocycles. The maximum absolute atomic E-state index is 9.05. The Morgan fingerprint density at radius 1 is 1.80 bits per heavy atom. The van der Waals surface area contributed by atoms with E-state index < -0.39 is 9.65 Å². The molecule has 0 atom stereocenters. The van der Waals surface area contributed by atoms with E-state index in [9.17, 15) is 0 Å². The van der Waals surface area contributed by atoms with Crippen molar-refractivity contribution in [3.63, 3.8) is 0 Å². The summed E-state index contributed by atoms with van der Waals surface area (Å²) >= 11 is 0. The fourth-order valence-corrected chi connectivity index (χ4v) is 0.0456. The van der Waals surface area contributed by atoms with Crippen molar-refractivity contribution in [1.29, 1.82) is 0 Å². The van der Waals surface area contributed by atoms with Gasteiger partial charge in [-0.15, -0.1) is 0 Å². The minimum absolute atomic E-state index is 1.06. The highest BCUT2D eigenvalue weighted by Crippen LogP contribution is 1.52. The van der Waals surface area contributed by atoms with Gasteiger partial charge >= 0.3 is 9.65 Å². The SMILES string of the molecule is O=[Si]OOO. The Labute approximate surface area is 30.2 Å². The molecule has 0 fully saturated rings. The van der Waals surface area contributed by atoms with Gasteiger partial charge in [-0.1, -0.05) is 0 Å². The van der Waals surface area contributed by atoms with E-state index in [-0.39, 0.29) is 0 Å². The Bertz CT molecular complexity index is 24.8. The lowest BCUT2D eigenvalue weighted by atomic mass is 14.6. The van der Waals surface area contributed by atoms with Crippen LogP contribution >= 0.6 is 0 Å². The van der Waals surface area contributed by atoms with E-state index in [0.29, 0.717) is 0 Å². The molecule has 0 saturated carbocycles. The van der Waals surface area contributed by atoms with Crippen LogP contribution in [0.1, 0.15) is 0 Å². The lowest BCUT2D eigenvalue weighted by molar-refractivity contribution is -0.442. The second-order valence-electron chi connectivity index (χ2n) is 0.241. The van der Waals surface area contributed by atoms with E-state index in [1.54, 1.807) is 0 Å². The third kappa shape index (κ3) is 3.74. The summed E-state index contributed by atoms with van der Waals surface area (Å²) in [5.41, 5.74) is 0. The van der Waals surface area contributed by atoms with Crippen LogP contribution < -0.4 is 0 Å². The van der Waals surface area contributed by atoms with Gasteiger partial charge in [0.2, 0.25) is 0 Å². The van der Waals surface area contributed by atoms with Gasteiger partial charge in [-0.3, -0.25) is 0 Å². The molecule has 0 aliphatic carbocycles. The van der Waals surface area contributed by atoms with Crippen LogP contribution in [0.4, 0.5) is 0 Å². The van der Waals surface area contributed by atoms with Crippen molar-refractivity contribution >= 4 is 9.65 Å². The Kier molecular flexibility index (Phi) is 3.54. The molecule has 0 rings (SSSR count). The van der Waals surface area contributed by atoms with Gasteiger partial charge in [-0.2, -0.15) is 0 Å². The monoisotopic (exact) mass is 93.0 g/mol. The second-order valence-corrected chi connectivity index (χ2v) is 0.575. The highest BCUT2D eigenvalue weighted by atomic mass is 28.2. The predicted molar refractivity (Wildman–Crippen MR) is 11.2 cm³/mol. The fraction of sp³-hybridized carbons (Fsp3) is 0. The fourth-order valence-electron chi connectivity index (χ4n) is 0.0152. The van der Waals surface area contributed by atoms with Crippen molar-refractivity contribution in [2.45, 2.75) is 0 Å². The first-order valence-electron chi connectivity index (χ1n) is 0.757. The molecule has 0 aromatic rings. The van der Waals surface area contributed by atoms with Gasteiger partial charge in [0.05, 0.1) is 0 Å². The molecule has 5 heavy (non-hydrogen) atoms. The van der Waals surface area contributed by atoms with Crippen LogP contribution in [0, 0.1) is 0 Å². The summed E-state index contributed by atoms with van der Waals surface area (Å²) in [4.78, 5) is 0. The normalized spacial score (nSPS) is 6.60. The lowest BCUT2D eigenvalue weighted by Crippen LogP contribution is -1.83. The molecule has 0 aliphatic heterocycles. The van der Waals surface area contributed by atoms with Crippen LogP contribution in [0.15, 0.2) is 0 Å². The van der Waals surface area contributed by atoms with Crippen molar-refractivity contribution < 1.29 is 19.3 Å². The molecule has 29 valence electrons. The quantitative estimate of drug-likeness (QED) is 0.280. The number of hydrogen-bond donors (Lipinski definition) is 1. The van der Waals surface area contributed by atoms with Gasteiger partial charge in [-0.05, 0) is 5.04 Å². The Balaban J connectivity index is 2.40. The number of rotatable bonds is 2. The van der Waals surface area contributed by atoms with Crippen LogP contribution in [0.25, 0.3) is 0 Å². The van der Waals surface area contributed by atoms with Crippen molar-refractivity contribution in [2.24, 2.45) is 0 Å². The zero-order chi connectivity index (χ0) is 4.12. The molecule has 0 amide bonds.